The first-order valence-corrected chi connectivity index (χ1v) is 14.3. The van der Waals surface area contributed by atoms with Gasteiger partial charge in [-0.05, 0) is 73.9 Å². The molecule has 0 unspecified atom stereocenters. The summed E-state index contributed by atoms with van der Waals surface area (Å²) in [5.41, 5.74) is 5.40. The van der Waals surface area contributed by atoms with Gasteiger partial charge in [0.05, 0.1) is 24.8 Å². The third kappa shape index (κ3) is 4.53. The van der Waals surface area contributed by atoms with Crippen LogP contribution in [-0.2, 0) is 16.0 Å². The van der Waals surface area contributed by atoms with Crippen molar-refractivity contribution in [2.45, 2.75) is 44.6 Å². The molecule has 3 aliphatic rings. The van der Waals surface area contributed by atoms with Gasteiger partial charge in [0, 0.05) is 42.8 Å². The van der Waals surface area contributed by atoms with E-state index in [-0.39, 0.29) is 23.8 Å². The molecule has 1 aliphatic carbocycles. The van der Waals surface area contributed by atoms with E-state index in [2.05, 4.69) is 24.0 Å². The van der Waals surface area contributed by atoms with Crippen LogP contribution in [0.15, 0.2) is 54.7 Å². The van der Waals surface area contributed by atoms with Gasteiger partial charge >= 0.3 is 5.97 Å². The van der Waals surface area contributed by atoms with E-state index < -0.39 is 5.82 Å². The molecule has 41 heavy (non-hydrogen) atoms. The summed E-state index contributed by atoms with van der Waals surface area (Å²) in [6, 6.07) is 15.2. The zero-order valence-electron chi connectivity index (χ0n) is 23.2. The van der Waals surface area contributed by atoms with Crippen molar-refractivity contribution >= 4 is 23.3 Å². The molecule has 9 heteroatoms. The van der Waals surface area contributed by atoms with Crippen LogP contribution < -0.4 is 4.90 Å². The van der Waals surface area contributed by atoms with E-state index in [0.717, 1.165) is 30.6 Å². The summed E-state index contributed by atoms with van der Waals surface area (Å²) in [5, 5.41) is 0. The highest BCUT2D eigenvalue weighted by molar-refractivity contribution is 5.93. The van der Waals surface area contributed by atoms with Gasteiger partial charge in [0.15, 0.2) is 0 Å². The van der Waals surface area contributed by atoms with E-state index in [9.17, 15) is 9.59 Å². The van der Waals surface area contributed by atoms with Crippen LogP contribution in [0.2, 0.25) is 0 Å². The second-order valence-corrected chi connectivity index (χ2v) is 11.4. The largest absolute Gasteiger partial charge is 0.469 e. The van der Waals surface area contributed by atoms with Crippen LogP contribution in [0, 0.1) is 11.7 Å². The number of benzene rings is 2. The number of methoxy groups -OCH3 is 1. The summed E-state index contributed by atoms with van der Waals surface area (Å²) < 4.78 is 22.3. The minimum absolute atomic E-state index is 0.0451. The van der Waals surface area contributed by atoms with Crippen molar-refractivity contribution in [3.05, 3.63) is 83.1 Å². The Labute approximate surface area is 237 Å². The van der Waals surface area contributed by atoms with E-state index in [1.807, 2.05) is 44.7 Å². The van der Waals surface area contributed by atoms with Crippen molar-refractivity contribution in [3.63, 3.8) is 0 Å². The molecule has 8 nitrogen and oxygen atoms in total. The number of halogens is 1. The molecule has 4 aromatic rings. The molecular formula is C32H32FN5O3. The Kier molecular flexibility index (Phi) is 6.25. The number of rotatable bonds is 5. The fourth-order valence-electron chi connectivity index (χ4n) is 6.38. The Bertz CT molecular complexity index is 1680. The number of hydrogen-bond donors (Lipinski definition) is 0. The summed E-state index contributed by atoms with van der Waals surface area (Å²) in [6.45, 7) is 3.87. The van der Waals surface area contributed by atoms with Gasteiger partial charge in [-0.25, -0.2) is 14.4 Å². The normalized spacial score (nSPS) is 20.4. The lowest BCUT2D eigenvalue weighted by Gasteiger charge is -2.35. The lowest BCUT2D eigenvalue weighted by atomic mass is 9.93. The summed E-state index contributed by atoms with van der Waals surface area (Å²) in [6.07, 6.45) is 5.40. The quantitative estimate of drug-likeness (QED) is 0.317. The number of carbonyl (C=O) groups excluding carboxylic acids is 2. The SMILES string of the molecule is COC(=O)[C@H]1CCN(c2ccc(-c3cn4c(C5CC5)cc(C(=O)N5CCc6ccccc6[C@H]5C)nc4n3)c(F)c2)C1. The van der Waals surface area contributed by atoms with Crippen LogP contribution in [0.4, 0.5) is 10.1 Å². The lowest BCUT2D eigenvalue weighted by molar-refractivity contribution is -0.144. The van der Waals surface area contributed by atoms with Crippen LogP contribution in [0.5, 0.6) is 0 Å². The van der Waals surface area contributed by atoms with Crippen molar-refractivity contribution in [2.75, 3.05) is 31.6 Å². The maximum Gasteiger partial charge on any atom is 0.310 e. The van der Waals surface area contributed by atoms with Gasteiger partial charge in [0.25, 0.3) is 5.91 Å². The second-order valence-electron chi connectivity index (χ2n) is 11.4. The van der Waals surface area contributed by atoms with E-state index in [1.165, 1.54) is 24.3 Å². The number of carbonyl (C=O) groups is 2. The van der Waals surface area contributed by atoms with E-state index in [1.54, 1.807) is 6.07 Å². The number of ether oxygens (including phenoxy) is 1. The van der Waals surface area contributed by atoms with E-state index in [4.69, 9.17) is 9.72 Å². The summed E-state index contributed by atoms with van der Waals surface area (Å²) in [4.78, 5) is 39.0. The summed E-state index contributed by atoms with van der Waals surface area (Å²) in [7, 11) is 1.39. The molecular weight excluding hydrogens is 521 g/mol. The first-order valence-electron chi connectivity index (χ1n) is 14.3. The van der Waals surface area contributed by atoms with Crippen molar-refractivity contribution in [1.29, 1.82) is 0 Å². The Morgan fingerprint density at radius 2 is 1.85 bits per heavy atom. The van der Waals surface area contributed by atoms with Crippen LogP contribution in [0.3, 0.4) is 0 Å². The molecule has 0 spiro atoms. The maximum absolute atomic E-state index is 15.5. The summed E-state index contributed by atoms with van der Waals surface area (Å²) >= 11 is 0. The number of nitrogens with zero attached hydrogens (tertiary/aromatic N) is 5. The third-order valence-corrected chi connectivity index (χ3v) is 8.86. The minimum Gasteiger partial charge on any atom is -0.469 e. The van der Waals surface area contributed by atoms with Crippen LogP contribution >= 0.6 is 0 Å². The lowest BCUT2D eigenvalue weighted by Crippen LogP contribution is -2.39. The molecule has 4 heterocycles. The fourth-order valence-corrected chi connectivity index (χ4v) is 6.38. The molecule has 210 valence electrons. The molecule has 1 saturated heterocycles. The Balaban J connectivity index is 1.19. The van der Waals surface area contributed by atoms with Gasteiger partial charge < -0.3 is 14.5 Å². The number of anilines is 1. The monoisotopic (exact) mass is 553 g/mol. The first-order chi connectivity index (χ1) is 19.9. The number of esters is 1. The maximum atomic E-state index is 15.5. The molecule has 1 amide bonds. The Morgan fingerprint density at radius 3 is 2.63 bits per heavy atom. The zero-order valence-corrected chi connectivity index (χ0v) is 23.2. The number of amides is 1. The molecule has 2 fully saturated rings. The molecule has 0 bridgehead atoms. The molecule has 7 rings (SSSR count). The van der Waals surface area contributed by atoms with Crippen LogP contribution in [-0.4, -0.2) is 57.9 Å². The highest BCUT2D eigenvalue weighted by Gasteiger charge is 2.33. The van der Waals surface area contributed by atoms with Gasteiger partial charge in [0.2, 0.25) is 5.78 Å². The Morgan fingerprint density at radius 1 is 1.02 bits per heavy atom. The predicted octanol–water partition coefficient (Wildman–Crippen LogP) is 5.17. The standard InChI is InChI=1S/C32H32FN5O3/c1-19-24-6-4-3-5-20(24)12-14-37(19)30(39)27-16-29(21-7-8-21)38-18-28(35-32(38)34-27)25-10-9-23(15-26(25)33)36-13-11-22(17-36)31(40)41-2/h3-6,9-10,15-16,18-19,21-22H,7-8,11-14,17H2,1-2H3/t19-,22+/m1/s1. The predicted molar refractivity (Wildman–Crippen MR) is 152 cm³/mol. The van der Waals surface area contributed by atoms with Crippen molar-refractivity contribution < 1.29 is 18.7 Å². The van der Waals surface area contributed by atoms with E-state index >= 15 is 4.39 Å². The number of fused-ring (bicyclic) bond motifs is 2. The molecule has 2 aromatic carbocycles. The zero-order chi connectivity index (χ0) is 28.2. The highest BCUT2D eigenvalue weighted by atomic mass is 19.1. The average molecular weight is 554 g/mol. The molecule has 1 saturated carbocycles. The van der Waals surface area contributed by atoms with E-state index in [0.29, 0.717) is 54.7 Å². The number of imidazole rings is 1. The smallest absolute Gasteiger partial charge is 0.310 e. The highest BCUT2D eigenvalue weighted by Crippen LogP contribution is 2.41. The van der Waals surface area contributed by atoms with Gasteiger partial charge in [-0.1, -0.05) is 24.3 Å². The fraction of sp³-hybridized carbons (Fsp3) is 0.375. The molecule has 2 atom stereocenters. The minimum atomic E-state index is -0.391. The Hall–Kier alpha value is -4.27. The molecule has 0 radical (unpaired) electrons. The number of hydrogen-bond acceptors (Lipinski definition) is 6. The third-order valence-electron chi connectivity index (χ3n) is 8.86. The van der Waals surface area contributed by atoms with Crippen molar-refractivity contribution in [3.8, 4) is 11.3 Å². The van der Waals surface area contributed by atoms with Gasteiger partial charge in [-0.15, -0.1) is 0 Å². The van der Waals surface area contributed by atoms with Crippen LogP contribution in [0.25, 0.3) is 17.0 Å². The topological polar surface area (TPSA) is 80.0 Å². The van der Waals surface area contributed by atoms with Crippen LogP contribution in [0.1, 0.15) is 65.5 Å². The number of aromatic nitrogens is 3. The van der Waals surface area contributed by atoms with Crippen molar-refractivity contribution in [1.82, 2.24) is 19.3 Å². The molecule has 2 aliphatic heterocycles. The summed E-state index contributed by atoms with van der Waals surface area (Å²) in [5.74, 6) is -0.191. The van der Waals surface area contributed by atoms with Gasteiger partial charge in [-0.3, -0.25) is 14.0 Å². The molecule has 0 N–H and O–H groups in total. The van der Waals surface area contributed by atoms with Gasteiger partial charge in [0.1, 0.15) is 11.5 Å². The van der Waals surface area contributed by atoms with Gasteiger partial charge in [-0.2, -0.15) is 0 Å². The molecule has 2 aromatic heterocycles. The van der Waals surface area contributed by atoms with Crippen molar-refractivity contribution in [2.24, 2.45) is 5.92 Å². The average Bonchev–Trinajstić information content (AvgIpc) is 3.55. The first kappa shape index (κ1) is 25.7. The second kappa shape index (κ2) is 9.98.